The largest absolute Gasteiger partial charge is 0.454 e. The van der Waals surface area contributed by atoms with Crippen LogP contribution in [0.5, 0.6) is 0 Å². The number of imide groups is 1. The lowest BCUT2D eigenvalue weighted by Gasteiger charge is -2.23. The number of amides is 3. The summed E-state index contributed by atoms with van der Waals surface area (Å²) in [7, 11) is 0. The number of halogens is 1. The maximum atomic E-state index is 12.8. The average Bonchev–Trinajstić information content (AvgIpc) is 3.36. The Kier molecular flexibility index (Phi) is 5.23. The van der Waals surface area contributed by atoms with Crippen LogP contribution in [0.4, 0.5) is 5.69 Å². The molecule has 2 bridgehead atoms. The summed E-state index contributed by atoms with van der Waals surface area (Å²) in [6.45, 7) is 2.90. The Bertz CT molecular complexity index is 873. The summed E-state index contributed by atoms with van der Waals surface area (Å²) in [5.41, 5.74) is 1.55. The van der Waals surface area contributed by atoms with E-state index < -0.39 is 24.5 Å². The molecule has 4 rings (SSSR count). The van der Waals surface area contributed by atoms with E-state index in [0.717, 1.165) is 34.2 Å². The van der Waals surface area contributed by atoms with Crippen molar-refractivity contribution in [3.8, 4) is 0 Å². The monoisotopic (exact) mass is 462 g/mol. The van der Waals surface area contributed by atoms with E-state index in [9.17, 15) is 19.2 Å². The fraction of sp³-hybridized carbons (Fsp3) is 0.524. The van der Waals surface area contributed by atoms with Crippen LogP contribution in [0.2, 0.25) is 0 Å². The molecule has 3 amide bonds. The molecule has 0 aromatic heterocycles. The Labute approximate surface area is 177 Å². The number of rotatable bonds is 5. The lowest BCUT2D eigenvalue weighted by atomic mass is 9.81. The smallest absolute Gasteiger partial charge is 0.329 e. The number of carbonyl (C=O) groups excluding carboxylic acids is 4. The van der Waals surface area contributed by atoms with Crippen molar-refractivity contribution in [3.05, 3.63) is 28.2 Å². The standard InChI is InChI=1S/C21H23BrN2O5/c1-10-7-14(5-6-15(10)22)23-16(25)9-29-21(28)11(2)24-19(26)17-12-3-4-13(8-12)18(17)20(24)27/h5-7,11-13,17-18H,3-4,8-9H2,1-2H3,(H,23,25)/t11-,12+,13+,17-,18+/m1/s1. The fourth-order valence-corrected chi connectivity index (χ4v) is 5.34. The molecular weight excluding hydrogens is 440 g/mol. The molecular formula is C21H23BrN2O5. The first-order chi connectivity index (χ1) is 13.8. The van der Waals surface area contributed by atoms with Gasteiger partial charge in [-0.05, 0) is 68.7 Å². The number of fused-ring (bicyclic) bond motifs is 5. The highest BCUT2D eigenvalue weighted by atomic mass is 79.9. The van der Waals surface area contributed by atoms with Crippen LogP contribution in [0.1, 0.15) is 31.7 Å². The number of hydrogen-bond donors (Lipinski definition) is 1. The quantitative estimate of drug-likeness (QED) is 0.536. The van der Waals surface area contributed by atoms with Crippen molar-refractivity contribution in [2.45, 2.75) is 39.2 Å². The van der Waals surface area contributed by atoms with Crippen molar-refractivity contribution in [2.75, 3.05) is 11.9 Å². The maximum absolute atomic E-state index is 12.8. The number of benzene rings is 1. The molecule has 8 heteroatoms. The van der Waals surface area contributed by atoms with Crippen molar-refractivity contribution in [3.63, 3.8) is 0 Å². The first kappa shape index (κ1) is 20.1. The third kappa shape index (κ3) is 3.47. The molecule has 1 heterocycles. The van der Waals surface area contributed by atoms with E-state index >= 15 is 0 Å². The van der Waals surface area contributed by atoms with Gasteiger partial charge in [0.2, 0.25) is 11.8 Å². The van der Waals surface area contributed by atoms with E-state index in [1.165, 1.54) is 6.92 Å². The molecule has 2 aliphatic carbocycles. The van der Waals surface area contributed by atoms with E-state index in [0.29, 0.717) is 5.69 Å². The first-order valence-corrected chi connectivity index (χ1v) is 10.7. The molecule has 1 aliphatic heterocycles. The molecule has 1 saturated heterocycles. The number of anilines is 1. The molecule has 0 unspecified atom stereocenters. The van der Waals surface area contributed by atoms with Crippen LogP contribution in [-0.4, -0.2) is 41.2 Å². The van der Waals surface area contributed by atoms with Gasteiger partial charge in [0.1, 0.15) is 6.04 Å². The van der Waals surface area contributed by atoms with Gasteiger partial charge in [0.25, 0.3) is 5.91 Å². The van der Waals surface area contributed by atoms with Crippen molar-refractivity contribution in [2.24, 2.45) is 23.7 Å². The molecule has 5 atom stereocenters. The molecule has 2 saturated carbocycles. The van der Waals surface area contributed by atoms with Crippen molar-refractivity contribution in [1.82, 2.24) is 4.90 Å². The summed E-state index contributed by atoms with van der Waals surface area (Å²) in [6.07, 6.45) is 2.90. The van der Waals surface area contributed by atoms with Crippen LogP contribution in [0, 0.1) is 30.6 Å². The number of aryl methyl sites for hydroxylation is 1. The van der Waals surface area contributed by atoms with Gasteiger partial charge in [-0.1, -0.05) is 15.9 Å². The summed E-state index contributed by atoms with van der Waals surface area (Å²) in [5, 5.41) is 2.66. The van der Waals surface area contributed by atoms with Gasteiger partial charge in [0.05, 0.1) is 11.8 Å². The third-order valence-corrected chi connectivity index (χ3v) is 7.37. The minimum absolute atomic E-state index is 0.258. The van der Waals surface area contributed by atoms with E-state index in [1.807, 2.05) is 13.0 Å². The molecule has 3 fully saturated rings. The lowest BCUT2D eigenvalue weighted by molar-refractivity contribution is -0.159. The number of ether oxygens (including phenoxy) is 1. The van der Waals surface area contributed by atoms with Gasteiger partial charge >= 0.3 is 5.97 Å². The zero-order chi connectivity index (χ0) is 20.9. The van der Waals surface area contributed by atoms with Crippen molar-refractivity contribution >= 4 is 45.3 Å². The van der Waals surface area contributed by atoms with Crippen molar-refractivity contribution in [1.29, 1.82) is 0 Å². The van der Waals surface area contributed by atoms with Crippen LogP contribution >= 0.6 is 15.9 Å². The van der Waals surface area contributed by atoms with Crippen LogP contribution in [0.25, 0.3) is 0 Å². The predicted octanol–water partition coefficient (Wildman–Crippen LogP) is 2.66. The van der Waals surface area contributed by atoms with Crippen molar-refractivity contribution < 1.29 is 23.9 Å². The summed E-state index contributed by atoms with van der Waals surface area (Å²) in [6, 6.07) is 4.31. The zero-order valence-electron chi connectivity index (χ0n) is 16.3. The Morgan fingerprint density at radius 3 is 2.41 bits per heavy atom. The fourth-order valence-electron chi connectivity index (χ4n) is 5.10. The number of likely N-dealkylation sites (tertiary alicyclic amines) is 1. The van der Waals surface area contributed by atoms with Gasteiger partial charge in [-0.25, -0.2) is 4.79 Å². The second kappa shape index (κ2) is 7.55. The van der Waals surface area contributed by atoms with Crippen LogP contribution in [-0.2, 0) is 23.9 Å². The molecule has 0 radical (unpaired) electrons. The maximum Gasteiger partial charge on any atom is 0.329 e. The summed E-state index contributed by atoms with van der Waals surface area (Å²) < 4.78 is 6.01. The topological polar surface area (TPSA) is 92.8 Å². The molecule has 29 heavy (non-hydrogen) atoms. The molecule has 154 valence electrons. The highest BCUT2D eigenvalue weighted by molar-refractivity contribution is 9.10. The van der Waals surface area contributed by atoms with Gasteiger partial charge < -0.3 is 10.1 Å². The number of nitrogens with zero attached hydrogens (tertiary/aromatic N) is 1. The Balaban J connectivity index is 1.34. The number of esters is 1. The number of carbonyl (C=O) groups is 4. The summed E-state index contributed by atoms with van der Waals surface area (Å²) >= 11 is 3.39. The van der Waals surface area contributed by atoms with E-state index in [2.05, 4.69) is 21.2 Å². The Morgan fingerprint density at radius 2 is 1.83 bits per heavy atom. The minimum atomic E-state index is -1.03. The molecule has 7 nitrogen and oxygen atoms in total. The van der Waals surface area contributed by atoms with Gasteiger partial charge in [0, 0.05) is 10.2 Å². The van der Waals surface area contributed by atoms with Gasteiger partial charge in [-0.3, -0.25) is 19.3 Å². The average molecular weight is 463 g/mol. The summed E-state index contributed by atoms with van der Waals surface area (Å²) in [5.74, 6) is -1.79. The number of nitrogens with one attached hydrogen (secondary N) is 1. The zero-order valence-corrected chi connectivity index (χ0v) is 17.9. The predicted molar refractivity (Wildman–Crippen MR) is 108 cm³/mol. The lowest BCUT2D eigenvalue weighted by Crippen LogP contribution is -2.45. The van der Waals surface area contributed by atoms with Crippen LogP contribution in [0.15, 0.2) is 22.7 Å². The normalized spacial score (nSPS) is 28.4. The van der Waals surface area contributed by atoms with Crippen LogP contribution < -0.4 is 5.32 Å². The minimum Gasteiger partial charge on any atom is -0.454 e. The second-order valence-corrected chi connectivity index (χ2v) is 9.08. The molecule has 1 aromatic rings. The molecule has 3 aliphatic rings. The molecule has 1 N–H and O–H groups in total. The second-order valence-electron chi connectivity index (χ2n) is 8.23. The van der Waals surface area contributed by atoms with Gasteiger partial charge in [-0.2, -0.15) is 0 Å². The Morgan fingerprint density at radius 1 is 1.21 bits per heavy atom. The van der Waals surface area contributed by atoms with Crippen LogP contribution in [0.3, 0.4) is 0 Å². The molecule has 0 spiro atoms. The molecule has 1 aromatic carbocycles. The van der Waals surface area contributed by atoms with Gasteiger partial charge in [0.15, 0.2) is 6.61 Å². The third-order valence-electron chi connectivity index (χ3n) is 6.48. The van der Waals surface area contributed by atoms with E-state index in [4.69, 9.17) is 4.74 Å². The highest BCUT2D eigenvalue weighted by Crippen LogP contribution is 2.56. The summed E-state index contributed by atoms with van der Waals surface area (Å²) in [4.78, 5) is 51.2. The van der Waals surface area contributed by atoms with E-state index in [1.54, 1.807) is 12.1 Å². The first-order valence-electron chi connectivity index (χ1n) is 9.87. The SMILES string of the molecule is Cc1cc(NC(=O)COC(=O)[C@@H](C)N2C(=O)[C@@H]3[C@H]4CC[C@@H](C4)[C@@H]3C2=O)ccc1Br. The van der Waals surface area contributed by atoms with E-state index in [-0.39, 0.29) is 35.5 Å². The Hall–Kier alpha value is -2.22. The number of hydrogen-bond acceptors (Lipinski definition) is 5. The van der Waals surface area contributed by atoms with Gasteiger partial charge in [-0.15, -0.1) is 0 Å². The highest BCUT2D eigenvalue weighted by Gasteiger charge is 2.62.